The first kappa shape index (κ1) is 11.6. The zero-order valence-electron chi connectivity index (χ0n) is 10.7. The second kappa shape index (κ2) is 4.65. The number of aromatic nitrogens is 3. The Balaban J connectivity index is 1.98. The number of anilines is 1. The van der Waals surface area contributed by atoms with Crippen LogP contribution in [0, 0.1) is 6.92 Å². The zero-order chi connectivity index (χ0) is 13.2. The Morgan fingerprint density at radius 3 is 2.79 bits per heavy atom. The molecule has 0 aliphatic heterocycles. The predicted molar refractivity (Wildman–Crippen MR) is 75.7 cm³/mol. The lowest BCUT2D eigenvalue weighted by Crippen LogP contribution is -2.03. The van der Waals surface area contributed by atoms with Gasteiger partial charge < -0.3 is 5.73 Å². The van der Waals surface area contributed by atoms with Gasteiger partial charge in [0, 0.05) is 23.7 Å². The highest BCUT2D eigenvalue weighted by atomic mass is 15.0. The highest BCUT2D eigenvalue weighted by Gasteiger charge is 2.05. The fraction of sp³-hybridized carbons (Fsp3) is 0.133. The molecule has 2 aromatic heterocycles. The number of nitrogen functional groups attached to an aromatic ring is 1. The number of aryl methyl sites for hydroxylation is 1. The van der Waals surface area contributed by atoms with Crippen molar-refractivity contribution in [2.75, 3.05) is 5.73 Å². The molecule has 3 rings (SSSR count). The maximum Gasteiger partial charge on any atom is 0.220 e. The first-order valence-electron chi connectivity index (χ1n) is 6.15. The summed E-state index contributed by atoms with van der Waals surface area (Å²) < 4.78 is 0. The smallest absolute Gasteiger partial charge is 0.220 e. The highest BCUT2D eigenvalue weighted by molar-refractivity contribution is 5.78. The number of hydrogen-bond donors (Lipinski definition) is 1. The molecule has 0 aliphatic carbocycles. The average Bonchev–Trinajstić information content (AvgIpc) is 2.43. The van der Waals surface area contributed by atoms with E-state index in [2.05, 4.69) is 27.1 Å². The minimum atomic E-state index is 0.307. The first-order valence-corrected chi connectivity index (χ1v) is 6.15. The van der Waals surface area contributed by atoms with E-state index in [9.17, 15) is 0 Å². The number of fused-ring (bicyclic) bond motifs is 1. The number of nitrogens with two attached hydrogens (primary N) is 1. The van der Waals surface area contributed by atoms with Crippen LogP contribution in [0.3, 0.4) is 0 Å². The van der Waals surface area contributed by atoms with Crippen molar-refractivity contribution in [2.45, 2.75) is 13.3 Å². The van der Waals surface area contributed by atoms with E-state index in [0.717, 1.165) is 27.9 Å². The van der Waals surface area contributed by atoms with Gasteiger partial charge in [-0.25, -0.2) is 9.97 Å². The summed E-state index contributed by atoms with van der Waals surface area (Å²) in [6, 6.07) is 12.2. The fourth-order valence-electron chi connectivity index (χ4n) is 2.05. The van der Waals surface area contributed by atoms with E-state index in [4.69, 9.17) is 5.73 Å². The average molecular weight is 250 g/mol. The molecule has 0 amide bonds. The van der Waals surface area contributed by atoms with Crippen molar-refractivity contribution >= 4 is 16.9 Å². The minimum absolute atomic E-state index is 0.307. The van der Waals surface area contributed by atoms with Crippen LogP contribution in [-0.4, -0.2) is 15.0 Å². The van der Waals surface area contributed by atoms with Gasteiger partial charge in [-0.2, -0.15) is 0 Å². The van der Waals surface area contributed by atoms with Gasteiger partial charge in [0.05, 0.1) is 11.2 Å². The summed E-state index contributed by atoms with van der Waals surface area (Å²) in [5.74, 6) is 0.307. The van der Waals surface area contributed by atoms with Crippen LogP contribution in [0.5, 0.6) is 0 Å². The second-order valence-corrected chi connectivity index (χ2v) is 4.53. The number of benzene rings is 1. The summed E-state index contributed by atoms with van der Waals surface area (Å²) in [6.45, 7) is 1.98. The van der Waals surface area contributed by atoms with Gasteiger partial charge in [0.1, 0.15) is 0 Å². The second-order valence-electron chi connectivity index (χ2n) is 4.53. The highest BCUT2D eigenvalue weighted by Crippen LogP contribution is 2.15. The Hall–Kier alpha value is -2.49. The molecule has 2 N–H and O–H groups in total. The van der Waals surface area contributed by atoms with Crippen LogP contribution < -0.4 is 5.73 Å². The van der Waals surface area contributed by atoms with Gasteiger partial charge in [0.2, 0.25) is 5.95 Å². The summed E-state index contributed by atoms with van der Waals surface area (Å²) in [5.41, 5.74) is 9.57. The molecular formula is C15H14N4. The third-order valence-corrected chi connectivity index (χ3v) is 3.10. The molecule has 94 valence electrons. The van der Waals surface area contributed by atoms with Crippen LogP contribution in [0.1, 0.15) is 17.0 Å². The van der Waals surface area contributed by atoms with Crippen LogP contribution in [0.15, 0.2) is 42.6 Å². The molecule has 19 heavy (non-hydrogen) atoms. The lowest BCUT2D eigenvalue weighted by Gasteiger charge is -2.06. The van der Waals surface area contributed by atoms with E-state index >= 15 is 0 Å². The molecule has 0 unspecified atom stereocenters. The largest absolute Gasteiger partial charge is 0.368 e. The van der Waals surface area contributed by atoms with Crippen molar-refractivity contribution in [2.24, 2.45) is 0 Å². The zero-order valence-corrected chi connectivity index (χ0v) is 10.7. The Morgan fingerprint density at radius 2 is 1.89 bits per heavy atom. The van der Waals surface area contributed by atoms with Crippen molar-refractivity contribution in [3.05, 3.63) is 59.5 Å². The van der Waals surface area contributed by atoms with E-state index in [-0.39, 0.29) is 0 Å². The lowest BCUT2D eigenvalue weighted by atomic mass is 10.1. The van der Waals surface area contributed by atoms with Crippen LogP contribution in [0.4, 0.5) is 5.95 Å². The summed E-state index contributed by atoms with van der Waals surface area (Å²) in [7, 11) is 0. The molecule has 0 bridgehead atoms. The van der Waals surface area contributed by atoms with Gasteiger partial charge in [0.15, 0.2) is 0 Å². The van der Waals surface area contributed by atoms with E-state index in [1.54, 1.807) is 6.20 Å². The molecule has 2 heterocycles. The van der Waals surface area contributed by atoms with Gasteiger partial charge >= 0.3 is 0 Å². The van der Waals surface area contributed by atoms with Crippen molar-refractivity contribution in [1.29, 1.82) is 0 Å². The predicted octanol–water partition coefficient (Wildman–Crippen LogP) is 2.51. The Kier molecular flexibility index (Phi) is 2.83. The molecule has 0 spiro atoms. The Labute approximate surface area is 111 Å². The molecule has 0 radical (unpaired) electrons. The monoisotopic (exact) mass is 250 g/mol. The van der Waals surface area contributed by atoms with Crippen LogP contribution in [0.25, 0.3) is 10.9 Å². The summed E-state index contributed by atoms with van der Waals surface area (Å²) in [6.07, 6.45) is 2.42. The number of rotatable bonds is 2. The van der Waals surface area contributed by atoms with Gasteiger partial charge in [-0.3, -0.25) is 4.98 Å². The molecule has 1 aromatic carbocycles. The fourth-order valence-corrected chi connectivity index (χ4v) is 2.05. The molecule has 0 fully saturated rings. The Morgan fingerprint density at radius 1 is 1.05 bits per heavy atom. The minimum Gasteiger partial charge on any atom is -0.368 e. The van der Waals surface area contributed by atoms with Gasteiger partial charge in [0.25, 0.3) is 0 Å². The summed E-state index contributed by atoms with van der Waals surface area (Å²) in [5, 5.41) is 1.14. The topological polar surface area (TPSA) is 64.7 Å². The van der Waals surface area contributed by atoms with E-state index < -0.39 is 0 Å². The molecule has 4 heteroatoms. The third kappa shape index (κ3) is 2.38. The van der Waals surface area contributed by atoms with Crippen molar-refractivity contribution in [1.82, 2.24) is 15.0 Å². The molecular weight excluding hydrogens is 236 g/mol. The normalized spacial score (nSPS) is 10.8. The third-order valence-electron chi connectivity index (χ3n) is 3.10. The van der Waals surface area contributed by atoms with Crippen LogP contribution in [-0.2, 0) is 6.42 Å². The molecule has 0 atom stereocenters. The Bertz CT molecular complexity index is 737. The summed E-state index contributed by atoms with van der Waals surface area (Å²) >= 11 is 0. The van der Waals surface area contributed by atoms with E-state index in [0.29, 0.717) is 12.4 Å². The molecule has 3 aromatic rings. The standard InChI is InChI=1S/C15H14N4/c1-10-9-17-15(16)19-14(10)8-12-7-6-11-4-2-3-5-13(11)18-12/h2-7,9H,8H2,1H3,(H2,16,17,19). The van der Waals surface area contributed by atoms with Gasteiger partial charge in [-0.15, -0.1) is 0 Å². The number of nitrogens with zero attached hydrogens (tertiary/aromatic N) is 3. The lowest BCUT2D eigenvalue weighted by molar-refractivity contribution is 0.979. The molecule has 4 nitrogen and oxygen atoms in total. The number of hydrogen-bond acceptors (Lipinski definition) is 4. The van der Waals surface area contributed by atoms with Gasteiger partial charge in [-0.05, 0) is 24.6 Å². The van der Waals surface area contributed by atoms with E-state index in [1.165, 1.54) is 0 Å². The molecule has 0 saturated carbocycles. The number of para-hydroxylation sites is 1. The van der Waals surface area contributed by atoms with Crippen molar-refractivity contribution in [3.8, 4) is 0 Å². The summed E-state index contributed by atoms with van der Waals surface area (Å²) in [4.78, 5) is 12.9. The van der Waals surface area contributed by atoms with Gasteiger partial charge in [-0.1, -0.05) is 24.3 Å². The van der Waals surface area contributed by atoms with Crippen molar-refractivity contribution < 1.29 is 0 Å². The maximum atomic E-state index is 5.63. The maximum absolute atomic E-state index is 5.63. The van der Waals surface area contributed by atoms with Crippen LogP contribution in [0.2, 0.25) is 0 Å². The first-order chi connectivity index (χ1) is 9.22. The van der Waals surface area contributed by atoms with Crippen LogP contribution >= 0.6 is 0 Å². The molecule has 0 saturated heterocycles. The molecule has 0 aliphatic rings. The van der Waals surface area contributed by atoms with Crippen molar-refractivity contribution in [3.63, 3.8) is 0 Å². The number of pyridine rings is 1. The quantitative estimate of drug-likeness (QED) is 0.759. The van der Waals surface area contributed by atoms with E-state index in [1.807, 2.05) is 31.2 Å². The SMILES string of the molecule is Cc1cnc(N)nc1Cc1ccc2ccccc2n1.